The van der Waals surface area contributed by atoms with Crippen molar-refractivity contribution in [1.29, 1.82) is 5.26 Å². The average Bonchev–Trinajstić information content (AvgIpc) is 2.64. The molecule has 1 fully saturated rings. The molecule has 1 heterocycles. The second-order valence-corrected chi connectivity index (χ2v) is 3.13. The number of nitrogens with zero attached hydrogens (tertiary/aromatic N) is 2. The van der Waals surface area contributed by atoms with E-state index in [4.69, 9.17) is 5.26 Å². The molecule has 4 nitrogen and oxygen atoms in total. The fourth-order valence-corrected chi connectivity index (χ4v) is 1.55. The number of nitrogens with one attached hydrogen (secondary N) is 1. The SMILES string of the molecule is N#Cc1c(F)cccc1N1CCNC1=O. The molecule has 0 spiro atoms. The number of rotatable bonds is 1. The van der Waals surface area contributed by atoms with Crippen LogP contribution in [0.3, 0.4) is 0 Å². The molecule has 1 aliphatic heterocycles. The molecule has 5 heteroatoms. The number of halogens is 1. The third-order valence-corrected chi connectivity index (χ3v) is 2.25. The molecule has 2 rings (SSSR count). The summed E-state index contributed by atoms with van der Waals surface area (Å²) in [6, 6.07) is 5.72. The van der Waals surface area contributed by atoms with Crippen molar-refractivity contribution in [3.05, 3.63) is 29.6 Å². The predicted molar refractivity (Wildman–Crippen MR) is 51.9 cm³/mol. The van der Waals surface area contributed by atoms with Gasteiger partial charge >= 0.3 is 6.03 Å². The van der Waals surface area contributed by atoms with Crippen LogP contribution in [0.1, 0.15) is 5.56 Å². The molecule has 0 radical (unpaired) electrons. The number of amides is 2. The average molecular weight is 205 g/mol. The first-order valence-corrected chi connectivity index (χ1v) is 4.48. The summed E-state index contributed by atoms with van der Waals surface area (Å²) >= 11 is 0. The summed E-state index contributed by atoms with van der Waals surface area (Å²) in [7, 11) is 0. The minimum atomic E-state index is -0.602. The van der Waals surface area contributed by atoms with Crippen molar-refractivity contribution >= 4 is 11.7 Å². The molecule has 76 valence electrons. The van der Waals surface area contributed by atoms with Crippen LogP contribution >= 0.6 is 0 Å². The summed E-state index contributed by atoms with van der Waals surface area (Å²) in [5.41, 5.74) is 0.238. The van der Waals surface area contributed by atoms with E-state index in [9.17, 15) is 9.18 Å². The van der Waals surface area contributed by atoms with Crippen molar-refractivity contribution in [1.82, 2.24) is 5.32 Å². The summed E-state index contributed by atoms with van der Waals surface area (Å²) in [5.74, 6) is -0.602. The maximum atomic E-state index is 13.3. The van der Waals surface area contributed by atoms with E-state index < -0.39 is 5.82 Å². The monoisotopic (exact) mass is 205 g/mol. The minimum Gasteiger partial charge on any atom is -0.336 e. The van der Waals surface area contributed by atoms with E-state index in [0.29, 0.717) is 18.8 Å². The molecule has 1 aliphatic rings. The summed E-state index contributed by atoms with van der Waals surface area (Å²) in [5, 5.41) is 11.4. The molecule has 0 saturated carbocycles. The number of carbonyl (C=O) groups excluding carboxylic acids is 1. The lowest BCUT2D eigenvalue weighted by molar-refractivity contribution is 0.252. The van der Waals surface area contributed by atoms with Crippen LogP contribution in [0.5, 0.6) is 0 Å². The van der Waals surface area contributed by atoms with Crippen molar-refractivity contribution in [3.63, 3.8) is 0 Å². The van der Waals surface area contributed by atoms with Crippen LogP contribution < -0.4 is 10.2 Å². The van der Waals surface area contributed by atoms with E-state index in [1.54, 1.807) is 12.1 Å². The Kier molecular flexibility index (Phi) is 2.26. The third kappa shape index (κ3) is 1.50. The summed E-state index contributed by atoms with van der Waals surface area (Å²) < 4.78 is 13.3. The first-order chi connectivity index (χ1) is 7.24. The fraction of sp³-hybridized carbons (Fsp3) is 0.200. The Morgan fingerprint density at radius 3 is 2.93 bits per heavy atom. The molecule has 0 bridgehead atoms. The zero-order chi connectivity index (χ0) is 10.8. The number of urea groups is 1. The van der Waals surface area contributed by atoms with Crippen LogP contribution in [0.25, 0.3) is 0 Å². The Morgan fingerprint density at radius 2 is 2.33 bits per heavy atom. The summed E-state index contributed by atoms with van der Waals surface area (Å²) in [6.07, 6.45) is 0. The standard InChI is InChI=1S/C10H8FN3O/c11-8-2-1-3-9(7(8)6-12)14-5-4-13-10(14)15/h1-3H,4-5H2,(H,13,15). The molecule has 1 aromatic rings. The van der Waals surface area contributed by atoms with E-state index in [2.05, 4.69) is 5.32 Å². The Bertz CT molecular complexity index is 452. The van der Waals surface area contributed by atoms with Gasteiger partial charge in [0.1, 0.15) is 17.4 Å². The molecule has 2 amide bonds. The molecule has 0 unspecified atom stereocenters. The molecule has 1 aromatic carbocycles. The lowest BCUT2D eigenvalue weighted by Crippen LogP contribution is -2.28. The van der Waals surface area contributed by atoms with E-state index in [0.717, 1.165) is 0 Å². The van der Waals surface area contributed by atoms with Crippen molar-refractivity contribution in [2.75, 3.05) is 18.0 Å². The summed E-state index contributed by atoms with van der Waals surface area (Å²) in [6.45, 7) is 0.969. The van der Waals surface area contributed by atoms with Crippen LogP contribution in [-0.2, 0) is 0 Å². The van der Waals surface area contributed by atoms with Crippen molar-refractivity contribution in [3.8, 4) is 6.07 Å². The molecule has 0 aliphatic carbocycles. The van der Waals surface area contributed by atoms with E-state index in [-0.39, 0.29) is 11.6 Å². The van der Waals surface area contributed by atoms with Gasteiger partial charge in [-0.15, -0.1) is 0 Å². The van der Waals surface area contributed by atoms with Gasteiger partial charge in [0, 0.05) is 13.1 Å². The van der Waals surface area contributed by atoms with Crippen LogP contribution in [0.15, 0.2) is 18.2 Å². The Hall–Kier alpha value is -2.09. The second-order valence-electron chi connectivity index (χ2n) is 3.13. The highest BCUT2D eigenvalue weighted by atomic mass is 19.1. The first-order valence-electron chi connectivity index (χ1n) is 4.48. The zero-order valence-corrected chi connectivity index (χ0v) is 7.83. The van der Waals surface area contributed by atoms with Gasteiger partial charge in [-0.1, -0.05) is 6.07 Å². The maximum absolute atomic E-state index is 13.3. The van der Waals surface area contributed by atoms with Crippen LogP contribution in [0.4, 0.5) is 14.9 Å². The quantitative estimate of drug-likeness (QED) is 0.749. The largest absolute Gasteiger partial charge is 0.336 e. The number of hydrogen-bond donors (Lipinski definition) is 1. The van der Waals surface area contributed by atoms with Crippen molar-refractivity contribution < 1.29 is 9.18 Å². The Labute approximate surface area is 85.9 Å². The number of nitriles is 1. The van der Waals surface area contributed by atoms with Crippen molar-refractivity contribution in [2.24, 2.45) is 0 Å². The molecular formula is C10H8FN3O. The number of carbonyl (C=O) groups is 1. The topological polar surface area (TPSA) is 56.1 Å². The Morgan fingerprint density at radius 1 is 1.53 bits per heavy atom. The van der Waals surface area contributed by atoms with Gasteiger partial charge < -0.3 is 5.32 Å². The third-order valence-electron chi connectivity index (χ3n) is 2.25. The molecule has 15 heavy (non-hydrogen) atoms. The highest BCUT2D eigenvalue weighted by molar-refractivity contribution is 5.95. The van der Waals surface area contributed by atoms with Gasteiger partial charge in [0.2, 0.25) is 0 Å². The first kappa shape index (κ1) is 9.46. The fourth-order valence-electron chi connectivity index (χ4n) is 1.55. The van der Waals surface area contributed by atoms with Crippen LogP contribution in [0.2, 0.25) is 0 Å². The maximum Gasteiger partial charge on any atom is 0.322 e. The smallest absolute Gasteiger partial charge is 0.322 e. The number of benzene rings is 1. The van der Waals surface area contributed by atoms with Gasteiger partial charge in [-0.25, -0.2) is 9.18 Å². The second kappa shape index (κ2) is 3.58. The molecule has 0 atom stereocenters. The van der Waals surface area contributed by atoms with Gasteiger partial charge in [-0.3, -0.25) is 4.90 Å². The lowest BCUT2D eigenvalue weighted by Gasteiger charge is -2.15. The van der Waals surface area contributed by atoms with Crippen LogP contribution in [0, 0.1) is 17.1 Å². The lowest BCUT2D eigenvalue weighted by atomic mass is 10.1. The zero-order valence-electron chi connectivity index (χ0n) is 7.83. The molecule has 1 N–H and O–H groups in total. The van der Waals surface area contributed by atoms with Crippen LogP contribution in [-0.4, -0.2) is 19.1 Å². The van der Waals surface area contributed by atoms with Crippen molar-refractivity contribution in [2.45, 2.75) is 0 Å². The number of anilines is 1. The van der Waals surface area contributed by atoms with E-state index in [1.165, 1.54) is 17.0 Å². The number of hydrogen-bond acceptors (Lipinski definition) is 2. The van der Waals surface area contributed by atoms with Gasteiger partial charge in [-0.05, 0) is 12.1 Å². The highest BCUT2D eigenvalue weighted by Gasteiger charge is 2.24. The highest BCUT2D eigenvalue weighted by Crippen LogP contribution is 2.23. The normalized spacial score (nSPS) is 14.9. The van der Waals surface area contributed by atoms with Gasteiger partial charge in [0.05, 0.1) is 5.69 Å². The van der Waals surface area contributed by atoms with E-state index >= 15 is 0 Å². The van der Waals surface area contributed by atoms with Gasteiger partial charge in [0.15, 0.2) is 0 Å². The summed E-state index contributed by atoms with van der Waals surface area (Å²) in [4.78, 5) is 12.7. The molecule has 0 aromatic heterocycles. The molecule has 1 saturated heterocycles. The minimum absolute atomic E-state index is 0.0884. The van der Waals surface area contributed by atoms with Gasteiger partial charge in [-0.2, -0.15) is 5.26 Å². The predicted octanol–water partition coefficient (Wildman–Crippen LogP) is 1.23. The van der Waals surface area contributed by atoms with Gasteiger partial charge in [0.25, 0.3) is 0 Å². The molecular weight excluding hydrogens is 197 g/mol. The van der Waals surface area contributed by atoms with E-state index in [1.807, 2.05) is 0 Å². The Balaban J connectivity index is 2.48.